The summed E-state index contributed by atoms with van der Waals surface area (Å²) in [7, 11) is 0. The average Bonchev–Trinajstić information content (AvgIpc) is 3.50. The van der Waals surface area contributed by atoms with Crippen molar-refractivity contribution < 1.29 is 24.2 Å². The number of rotatable bonds is 10. The van der Waals surface area contributed by atoms with Gasteiger partial charge in [-0.15, -0.1) is 0 Å². The SMILES string of the molecule is CCCCOc1cccc(/C(O)=C2\C(=O)C(=O)N(c3nc4ccc(OCC)cc4s3)C2c2ccc(CC)cc2)c1. The number of fused-ring (bicyclic) bond motifs is 1. The van der Waals surface area contributed by atoms with Crippen LogP contribution in [-0.4, -0.2) is 35.0 Å². The molecule has 1 fully saturated rings. The summed E-state index contributed by atoms with van der Waals surface area (Å²) in [5.41, 5.74) is 2.97. The number of carbonyl (C=O) groups excluding carboxylic acids is 2. The Labute approximate surface area is 237 Å². The molecule has 1 amide bonds. The molecule has 206 valence electrons. The number of benzene rings is 3. The summed E-state index contributed by atoms with van der Waals surface area (Å²) >= 11 is 1.31. The van der Waals surface area contributed by atoms with Gasteiger partial charge in [0.05, 0.1) is 35.0 Å². The van der Waals surface area contributed by atoms with Gasteiger partial charge in [0.1, 0.15) is 17.3 Å². The molecule has 1 saturated heterocycles. The summed E-state index contributed by atoms with van der Waals surface area (Å²) in [5, 5.41) is 11.9. The number of aliphatic hydroxyl groups excluding tert-OH is 1. The quantitative estimate of drug-likeness (QED) is 0.0973. The van der Waals surface area contributed by atoms with Gasteiger partial charge in [0.25, 0.3) is 5.78 Å². The Kier molecular flexibility index (Phi) is 8.16. The van der Waals surface area contributed by atoms with Gasteiger partial charge < -0.3 is 14.6 Å². The van der Waals surface area contributed by atoms with Crippen LogP contribution in [-0.2, 0) is 16.0 Å². The number of hydrogen-bond donors (Lipinski definition) is 1. The second-order valence-electron chi connectivity index (χ2n) is 9.55. The number of thiazole rings is 1. The molecule has 40 heavy (non-hydrogen) atoms. The number of ketones is 1. The van der Waals surface area contributed by atoms with Crippen molar-refractivity contribution in [3.63, 3.8) is 0 Å². The highest BCUT2D eigenvalue weighted by Crippen LogP contribution is 2.45. The van der Waals surface area contributed by atoms with Crippen molar-refractivity contribution in [3.05, 3.63) is 89.0 Å². The first-order chi connectivity index (χ1) is 19.4. The van der Waals surface area contributed by atoms with E-state index in [1.54, 1.807) is 18.2 Å². The van der Waals surface area contributed by atoms with E-state index >= 15 is 0 Å². The summed E-state index contributed by atoms with van der Waals surface area (Å²) in [5.74, 6) is -0.433. The third kappa shape index (κ3) is 5.31. The van der Waals surface area contributed by atoms with Crippen molar-refractivity contribution >= 4 is 44.1 Å². The summed E-state index contributed by atoms with van der Waals surface area (Å²) in [6.45, 7) is 7.15. The maximum atomic E-state index is 13.6. The van der Waals surface area contributed by atoms with E-state index in [1.807, 2.05) is 55.5 Å². The smallest absolute Gasteiger partial charge is 0.301 e. The van der Waals surface area contributed by atoms with Crippen LogP contribution in [0, 0.1) is 0 Å². The Morgan fingerprint density at radius 3 is 2.48 bits per heavy atom. The molecule has 0 bridgehead atoms. The van der Waals surface area contributed by atoms with E-state index in [0.717, 1.165) is 29.5 Å². The van der Waals surface area contributed by atoms with Gasteiger partial charge >= 0.3 is 5.91 Å². The summed E-state index contributed by atoms with van der Waals surface area (Å²) in [6, 6.07) is 19.4. The fraction of sp³-hybridized carbons (Fsp3) is 0.281. The molecule has 2 heterocycles. The van der Waals surface area contributed by atoms with Crippen LogP contribution in [0.4, 0.5) is 5.13 Å². The molecule has 1 unspecified atom stereocenters. The highest BCUT2D eigenvalue weighted by Gasteiger charge is 2.48. The molecule has 0 saturated carbocycles. The number of Topliss-reactive ketones (excluding diaryl/α,β-unsaturated/α-hetero) is 1. The second-order valence-corrected chi connectivity index (χ2v) is 10.6. The number of nitrogens with zero attached hydrogens (tertiary/aromatic N) is 2. The third-order valence-corrected chi connectivity index (χ3v) is 7.91. The van der Waals surface area contributed by atoms with Crippen molar-refractivity contribution in [2.75, 3.05) is 18.1 Å². The van der Waals surface area contributed by atoms with Crippen molar-refractivity contribution in [2.24, 2.45) is 0 Å². The molecule has 1 aliphatic rings. The number of aromatic nitrogens is 1. The van der Waals surface area contributed by atoms with Gasteiger partial charge in [0.15, 0.2) is 5.13 Å². The molecule has 0 radical (unpaired) electrons. The lowest BCUT2D eigenvalue weighted by molar-refractivity contribution is -0.132. The van der Waals surface area contributed by atoms with Crippen LogP contribution in [0.5, 0.6) is 11.5 Å². The molecule has 1 N–H and O–H groups in total. The van der Waals surface area contributed by atoms with Crippen molar-refractivity contribution in [1.82, 2.24) is 4.98 Å². The number of aryl methyl sites for hydroxylation is 1. The monoisotopic (exact) mass is 556 g/mol. The Hall–Kier alpha value is -4.17. The average molecular weight is 557 g/mol. The van der Waals surface area contributed by atoms with E-state index < -0.39 is 17.7 Å². The molecule has 7 nitrogen and oxygen atoms in total. The van der Waals surface area contributed by atoms with Crippen molar-refractivity contribution in [2.45, 2.75) is 46.1 Å². The summed E-state index contributed by atoms with van der Waals surface area (Å²) in [4.78, 5) is 33.3. The molecule has 0 spiro atoms. The fourth-order valence-electron chi connectivity index (χ4n) is 4.76. The number of carbonyl (C=O) groups is 2. The number of amides is 1. The lowest BCUT2D eigenvalue weighted by atomic mass is 9.94. The molecule has 3 aromatic carbocycles. The first-order valence-corrected chi connectivity index (χ1v) is 14.4. The van der Waals surface area contributed by atoms with Crippen LogP contribution >= 0.6 is 11.3 Å². The molecule has 4 aromatic rings. The van der Waals surface area contributed by atoms with Crippen molar-refractivity contribution in [1.29, 1.82) is 0 Å². The lowest BCUT2D eigenvalue weighted by Gasteiger charge is -2.23. The van der Waals surface area contributed by atoms with Crippen LogP contribution in [0.3, 0.4) is 0 Å². The zero-order valence-electron chi connectivity index (χ0n) is 22.8. The molecule has 0 aliphatic carbocycles. The van der Waals surface area contributed by atoms with Gasteiger partial charge in [-0.1, -0.05) is 68.0 Å². The van der Waals surface area contributed by atoms with E-state index in [1.165, 1.54) is 16.2 Å². The maximum absolute atomic E-state index is 13.6. The van der Waals surface area contributed by atoms with Gasteiger partial charge in [0.2, 0.25) is 0 Å². The molecular weight excluding hydrogens is 524 g/mol. The largest absolute Gasteiger partial charge is 0.507 e. The van der Waals surface area contributed by atoms with Gasteiger partial charge in [-0.3, -0.25) is 14.5 Å². The lowest BCUT2D eigenvalue weighted by Crippen LogP contribution is -2.29. The Morgan fingerprint density at radius 1 is 0.975 bits per heavy atom. The molecule has 1 atom stereocenters. The maximum Gasteiger partial charge on any atom is 0.301 e. The van der Waals surface area contributed by atoms with E-state index in [9.17, 15) is 14.7 Å². The summed E-state index contributed by atoms with van der Waals surface area (Å²) in [6.07, 6.45) is 2.76. The number of unbranched alkanes of at least 4 members (excludes halogenated alkanes) is 1. The molecule has 8 heteroatoms. The minimum absolute atomic E-state index is 0.0224. The van der Waals surface area contributed by atoms with Gasteiger partial charge in [-0.05, 0) is 61.2 Å². The normalized spacial score (nSPS) is 16.6. The van der Waals surface area contributed by atoms with Crippen LogP contribution in [0.2, 0.25) is 0 Å². The second kappa shape index (κ2) is 11.9. The van der Waals surface area contributed by atoms with Gasteiger partial charge in [-0.2, -0.15) is 0 Å². The van der Waals surface area contributed by atoms with Gasteiger partial charge in [-0.25, -0.2) is 4.98 Å². The highest BCUT2D eigenvalue weighted by molar-refractivity contribution is 7.22. The van der Waals surface area contributed by atoms with E-state index in [0.29, 0.717) is 46.5 Å². The number of aliphatic hydroxyl groups is 1. The Morgan fingerprint density at radius 2 is 1.75 bits per heavy atom. The molecule has 5 rings (SSSR count). The molecular formula is C32H32N2O5S. The van der Waals surface area contributed by atoms with Gasteiger partial charge in [0, 0.05) is 5.56 Å². The van der Waals surface area contributed by atoms with Crippen LogP contribution in [0.15, 0.2) is 72.3 Å². The van der Waals surface area contributed by atoms with E-state index in [-0.39, 0.29) is 11.3 Å². The number of ether oxygens (including phenoxy) is 2. The highest BCUT2D eigenvalue weighted by atomic mass is 32.1. The first kappa shape index (κ1) is 27.4. The van der Waals surface area contributed by atoms with E-state index in [2.05, 4.69) is 13.8 Å². The predicted octanol–water partition coefficient (Wildman–Crippen LogP) is 7.06. The molecule has 1 aliphatic heterocycles. The predicted molar refractivity (Wildman–Crippen MR) is 158 cm³/mol. The van der Waals surface area contributed by atoms with Crippen molar-refractivity contribution in [3.8, 4) is 11.5 Å². The Balaban J connectivity index is 1.63. The Bertz CT molecular complexity index is 1570. The number of hydrogen-bond acceptors (Lipinski definition) is 7. The van der Waals surface area contributed by atoms with Crippen LogP contribution < -0.4 is 14.4 Å². The topological polar surface area (TPSA) is 89.0 Å². The molecule has 1 aromatic heterocycles. The van der Waals surface area contributed by atoms with Crippen LogP contribution in [0.1, 0.15) is 56.3 Å². The minimum atomic E-state index is -0.845. The first-order valence-electron chi connectivity index (χ1n) is 13.6. The van der Waals surface area contributed by atoms with Crippen LogP contribution in [0.25, 0.3) is 16.0 Å². The van der Waals surface area contributed by atoms with E-state index in [4.69, 9.17) is 14.5 Å². The third-order valence-electron chi connectivity index (χ3n) is 6.89. The summed E-state index contributed by atoms with van der Waals surface area (Å²) < 4.78 is 12.3. The fourth-order valence-corrected chi connectivity index (χ4v) is 5.78. The minimum Gasteiger partial charge on any atom is -0.507 e. The zero-order valence-corrected chi connectivity index (χ0v) is 23.7. The standard InChI is InChI=1S/C32H32N2O5S/c1-4-7-17-39-23-10-8-9-22(18-23)29(35)27-28(21-13-11-20(5-2)12-14-21)34(31(37)30(27)36)32-33-25-16-15-24(38-6-3)19-26(25)40-32/h8-16,18-19,28,35H,4-7,17H2,1-3H3/b29-27+. The number of anilines is 1. The zero-order chi connectivity index (χ0) is 28.2.